The lowest BCUT2D eigenvalue weighted by Crippen LogP contribution is -2.46. The average molecular weight is 396 g/mol. The van der Waals surface area contributed by atoms with Gasteiger partial charge in [-0.15, -0.1) is 22.0 Å². The van der Waals surface area contributed by atoms with Crippen LogP contribution in [0.4, 0.5) is 5.69 Å². The highest BCUT2D eigenvalue weighted by Crippen LogP contribution is 2.41. The Labute approximate surface area is 164 Å². The molecular formula is C18H16N6O3S. The Morgan fingerprint density at radius 1 is 1.25 bits per heavy atom. The van der Waals surface area contributed by atoms with Crippen molar-refractivity contribution in [3.8, 4) is 11.4 Å². The van der Waals surface area contributed by atoms with E-state index in [9.17, 15) is 9.59 Å². The minimum Gasteiger partial charge on any atom is -0.301 e. The fourth-order valence-corrected chi connectivity index (χ4v) is 4.29. The number of nitrogens with one attached hydrogen (secondary N) is 2. The van der Waals surface area contributed by atoms with Crippen LogP contribution in [0.5, 0.6) is 0 Å². The first-order valence-corrected chi connectivity index (χ1v) is 9.36. The summed E-state index contributed by atoms with van der Waals surface area (Å²) in [5.74, 6) is -0.483. The summed E-state index contributed by atoms with van der Waals surface area (Å²) in [6.45, 7) is -0.288. The first kappa shape index (κ1) is 18.1. The van der Waals surface area contributed by atoms with Gasteiger partial charge in [0.25, 0.3) is 5.91 Å². The normalized spacial score (nSPS) is 16.0. The summed E-state index contributed by atoms with van der Waals surface area (Å²) in [6, 6.07) is 15.2. The maximum absolute atomic E-state index is 13.1. The zero-order valence-corrected chi connectivity index (χ0v) is 15.4. The topological polar surface area (TPSA) is 124 Å². The van der Waals surface area contributed by atoms with Gasteiger partial charge in [-0.25, -0.2) is 5.48 Å². The standard InChI is InChI=1S/C18H16N6O3S/c25-16(21-27)10-24-13-9-12(17-19-22-23-20-17)6-7-14(13)28-15(18(24)26)8-11-4-2-1-3-5-11/h1-7,9,15,27H,8,10H2,(H,21,25)(H,19,20,22,23). The lowest BCUT2D eigenvalue weighted by atomic mass is 10.1. The van der Waals surface area contributed by atoms with Gasteiger partial charge in [0, 0.05) is 10.5 Å². The minimum atomic E-state index is -0.672. The minimum absolute atomic E-state index is 0.199. The molecule has 28 heavy (non-hydrogen) atoms. The highest BCUT2D eigenvalue weighted by atomic mass is 32.2. The number of fused-ring (bicyclic) bond motifs is 1. The Morgan fingerprint density at radius 2 is 2.07 bits per heavy atom. The van der Waals surface area contributed by atoms with Crippen LogP contribution in [0.25, 0.3) is 11.4 Å². The lowest BCUT2D eigenvalue weighted by Gasteiger charge is -2.33. The summed E-state index contributed by atoms with van der Waals surface area (Å²) in [7, 11) is 0. The molecule has 0 bridgehead atoms. The van der Waals surface area contributed by atoms with Gasteiger partial charge in [-0.3, -0.25) is 14.8 Å². The van der Waals surface area contributed by atoms with Gasteiger partial charge in [0.05, 0.1) is 10.9 Å². The van der Waals surface area contributed by atoms with E-state index in [1.807, 2.05) is 42.5 Å². The Morgan fingerprint density at radius 3 is 2.79 bits per heavy atom. The number of hydrogen-bond donors (Lipinski definition) is 3. The number of H-pyrrole nitrogens is 1. The number of carbonyl (C=O) groups is 2. The number of thioether (sulfide) groups is 1. The zero-order valence-electron chi connectivity index (χ0n) is 14.6. The smallest absolute Gasteiger partial charge is 0.263 e. The van der Waals surface area contributed by atoms with Crippen molar-refractivity contribution in [1.82, 2.24) is 26.1 Å². The summed E-state index contributed by atoms with van der Waals surface area (Å²) >= 11 is 1.45. The number of aromatic amines is 1. The van der Waals surface area contributed by atoms with Crippen LogP contribution in [0.15, 0.2) is 53.4 Å². The van der Waals surface area contributed by atoms with Crippen LogP contribution in [0.2, 0.25) is 0 Å². The highest BCUT2D eigenvalue weighted by molar-refractivity contribution is 8.01. The molecule has 1 unspecified atom stereocenters. The summed E-state index contributed by atoms with van der Waals surface area (Å²) in [6.07, 6.45) is 0.535. The van der Waals surface area contributed by atoms with Gasteiger partial charge < -0.3 is 4.90 Å². The van der Waals surface area contributed by atoms with Crippen molar-refractivity contribution >= 4 is 29.3 Å². The Balaban J connectivity index is 1.70. The van der Waals surface area contributed by atoms with Gasteiger partial charge in [0.15, 0.2) is 0 Å². The first-order chi connectivity index (χ1) is 13.7. The summed E-state index contributed by atoms with van der Waals surface area (Å²) in [4.78, 5) is 27.2. The molecule has 1 aromatic heterocycles. The van der Waals surface area contributed by atoms with Gasteiger partial charge in [-0.1, -0.05) is 30.3 Å². The highest BCUT2D eigenvalue weighted by Gasteiger charge is 2.35. The first-order valence-electron chi connectivity index (χ1n) is 8.48. The van der Waals surface area contributed by atoms with E-state index in [1.165, 1.54) is 16.7 Å². The number of amides is 2. The Kier molecular flexibility index (Phi) is 5.04. The van der Waals surface area contributed by atoms with Crippen molar-refractivity contribution in [3.63, 3.8) is 0 Å². The second-order valence-corrected chi connectivity index (χ2v) is 7.42. The van der Waals surface area contributed by atoms with E-state index >= 15 is 0 Å². The van der Waals surface area contributed by atoms with E-state index in [1.54, 1.807) is 11.5 Å². The van der Waals surface area contributed by atoms with Crippen molar-refractivity contribution in [2.75, 3.05) is 11.4 Å². The molecule has 0 aliphatic carbocycles. The quantitative estimate of drug-likeness (QED) is 0.440. The number of anilines is 1. The molecule has 0 fully saturated rings. The van der Waals surface area contributed by atoms with Crippen molar-refractivity contribution in [2.45, 2.75) is 16.6 Å². The average Bonchev–Trinajstić information content (AvgIpc) is 3.26. The van der Waals surface area contributed by atoms with Gasteiger partial charge >= 0.3 is 0 Å². The fourth-order valence-electron chi connectivity index (χ4n) is 3.05. The summed E-state index contributed by atoms with van der Waals surface area (Å²) in [5, 5.41) is 22.4. The van der Waals surface area contributed by atoms with E-state index in [0.29, 0.717) is 23.5 Å². The second kappa shape index (κ2) is 7.79. The molecule has 1 atom stereocenters. The predicted molar refractivity (Wildman–Crippen MR) is 102 cm³/mol. The maximum Gasteiger partial charge on any atom is 0.263 e. The van der Waals surface area contributed by atoms with Crippen LogP contribution in [0, 0.1) is 0 Å². The van der Waals surface area contributed by atoms with Gasteiger partial charge in [-0.05, 0) is 35.4 Å². The molecule has 0 radical (unpaired) electrons. The molecule has 9 nitrogen and oxygen atoms in total. The van der Waals surface area contributed by atoms with Crippen LogP contribution in [-0.2, 0) is 16.0 Å². The Hall–Kier alpha value is -3.24. The van der Waals surface area contributed by atoms with Gasteiger partial charge in [0.2, 0.25) is 11.7 Å². The molecule has 2 heterocycles. The van der Waals surface area contributed by atoms with Crippen LogP contribution >= 0.6 is 11.8 Å². The van der Waals surface area contributed by atoms with Crippen molar-refractivity contribution in [2.24, 2.45) is 0 Å². The Bertz CT molecular complexity index is 996. The fraction of sp³-hybridized carbons (Fsp3) is 0.167. The van der Waals surface area contributed by atoms with Crippen molar-refractivity contribution in [3.05, 3.63) is 54.1 Å². The van der Waals surface area contributed by atoms with E-state index in [0.717, 1.165) is 10.5 Å². The second-order valence-electron chi connectivity index (χ2n) is 6.17. The molecular weight excluding hydrogens is 380 g/mol. The monoisotopic (exact) mass is 396 g/mol. The van der Waals surface area contributed by atoms with Crippen LogP contribution in [-0.4, -0.2) is 49.4 Å². The molecule has 142 valence electrons. The van der Waals surface area contributed by atoms with E-state index in [2.05, 4.69) is 20.6 Å². The third kappa shape index (κ3) is 3.59. The van der Waals surface area contributed by atoms with Crippen LogP contribution < -0.4 is 10.4 Å². The molecule has 10 heteroatoms. The lowest BCUT2D eigenvalue weighted by molar-refractivity contribution is -0.129. The largest absolute Gasteiger partial charge is 0.301 e. The van der Waals surface area contributed by atoms with E-state index in [-0.39, 0.29) is 17.7 Å². The number of benzene rings is 2. The van der Waals surface area contributed by atoms with Crippen molar-refractivity contribution < 1.29 is 14.8 Å². The number of nitrogens with zero attached hydrogens (tertiary/aromatic N) is 4. The molecule has 0 saturated heterocycles. The molecule has 0 saturated carbocycles. The van der Waals surface area contributed by atoms with Crippen LogP contribution in [0.1, 0.15) is 5.56 Å². The molecule has 2 amide bonds. The number of aromatic nitrogens is 4. The van der Waals surface area contributed by atoms with E-state index in [4.69, 9.17) is 5.21 Å². The van der Waals surface area contributed by atoms with E-state index < -0.39 is 5.91 Å². The number of carbonyl (C=O) groups excluding carboxylic acids is 2. The molecule has 0 spiro atoms. The number of rotatable bonds is 5. The molecule has 1 aliphatic heterocycles. The molecule has 4 rings (SSSR count). The molecule has 1 aliphatic rings. The third-order valence-corrected chi connectivity index (χ3v) is 5.61. The molecule has 2 aromatic carbocycles. The zero-order chi connectivity index (χ0) is 19.5. The van der Waals surface area contributed by atoms with Gasteiger partial charge in [0.1, 0.15) is 6.54 Å². The molecule has 3 N–H and O–H groups in total. The summed E-state index contributed by atoms with van der Waals surface area (Å²) < 4.78 is 0. The predicted octanol–water partition coefficient (Wildman–Crippen LogP) is 1.42. The SMILES string of the molecule is O=C(CN1C(=O)C(Cc2ccccc2)Sc2ccc(-c3nn[nH]n3)cc21)NO. The van der Waals surface area contributed by atoms with Crippen molar-refractivity contribution in [1.29, 1.82) is 0 Å². The summed E-state index contributed by atoms with van der Waals surface area (Å²) in [5.41, 5.74) is 3.86. The van der Waals surface area contributed by atoms with Crippen LogP contribution in [0.3, 0.4) is 0 Å². The number of hydrogen-bond acceptors (Lipinski definition) is 7. The number of hydroxylamine groups is 1. The third-order valence-electron chi connectivity index (χ3n) is 4.35. The number of tetrazole rings is 1. The van der Waals surface area contributed by atoms with Gasteiger partial charge in [-0.2, -0.15) is 5.21 Å². The maximum atomic E-state index is 13.1. The molecule has 3 aromatic rings.